The van der Waals surface area contributed by atoms with Gasteiger partial charge in [-0.1, -0.05) is 68.0 Å². The normalized spacial score (nSPS) is 17.0. The van der Waals surface area contributed by atoms with E-state index in [4.69, 9.17) is 11.6 Å². The number of para-hydroxylation sites is 2. The van der Waals surface area contributed by atoms with Gasteiger partial charge in [-0.05, 0) is 67.7 Å². The van der Waals surface area contributed by atoms with Crippen LogP contribution in [0.4, 0.5) is 35.4 Å². The Morgan fingerprint density at radius 3 is 2.47 bits per heavy atom. The summed E-state index contributed by atoms with van der Waals surface area (Å²) in [6, 6.07) is 16.2. The standard InChI is InChI=1S/C32H33ClF3N5OS/c1-30(2,3)18-40-15-13-31(14-16-40)19-41(27-25(42)12-11-22(33)26(27)31)24-10-5-4-9-23(24)37-29-39-38-28(43-29)20-7-6-8-21(17-20)32(34,35)36/h4-12,17,42H,13-16,18-19H2,1-3H3,(H,37,39). The zero-order chi connectivity index (χ0) is 30.6. The van der Waals surface area contributed by atoms with Crippen LogP contribution >= 0.6 is 22.9 Å². The molecular formula is C32H33ClF3N5OS. The Labute approximate surface area is 258 Å². The topological polar surface area (TPSA) is 64.5 Å². The first kappa shape index (κ1) is 29.7. The number of alkyl halides is 3. The number of benzene rings is 3. The number of aromatic hydroxyl groups is 1. The summed E-state index contributed by atoms with van der Waals surface area (Å²) in [5, 5.41) is 24.4. The molecule has 1 spiro atoms. The lowest BCUT2D eigenvalue weighted by molar-refractivity contribution is -0.137. The summed E-state index contributed by atoms with van der Waals surface area (Å²) in [4.78, 5) is 4.64. The van der Waals surface area contributed by atoms with E-state index in [1.807, 2.05) is 24.3 Å². The van der Waals surface area contributed by atoms with E-state index in [0.29, 0.717) is 33.0 Å². The number of hydrogen-bond donors (Lipinski definition) is 2. The molecule has 3 aromatic carbocycles. The van der Waals surface area contributed by atoms with E-state index in [-0.39, 0.29) is 16.6 Å². The van der Waals surface area contributed by atoms with Crippen LogP contribution in [0, 0.1) is 5.41 Å². The summed E-state index contributed by atoms with van der Waals surface area (Å²) in [6.07, 6.45) is -2.61. The molecule has 4 aromatic rings. The van der Waals surface area contributed by atoms with E-state index in [1.165, 1.54) is 17.4 Å². The van der Waals surface area contributed by atoms with Crippen molar-refractivity contribution in [1.29, 1.82) is 0 Å². The zero-order valence-electron chi connectivity index (χ0n) is 24.2. The molecule has 43 heavy (non-hydrogen) atoms. The Balaban J connectivity index is 1.31. The molecule has 0 aliphatic carbocycles. The van der Waals surface area contributed by atoms with E-state index in [0.717, 1.165) is 61.5 Å². The summed E-state index contributed by atoms with van der Waals surface area (Å²) in [5.41, 5.74) is 2.89. The van der Waals surface area contributed by atoms with Crippen LogP contribution in [0.15, 0.2) is 60.7 Å². The molecule has 0 amide bonds. The number of piperidine rings is 1. The van der Waals surface area contributed by atoms with Crippen LogP contribution in [0.25, 0.3) is 10.6 Å². The number of likely N-dealkylation sites (tertiary alicyclic amines) is 1. The predicted molar refractivity (Wildman–Crippen MR) is 167 cm³/mol. The lowest BCUT2D eigenvalue weighted by atomic mass is 9.74. The van der Waals surface area contributed by atoms with Gasteiger partial charge in [-0.25, -0.2) is 0 Å². The number of fused-ring (bicyclic) bond motifs is 2. The van der Waals surface area contributed by atoms with Crippen molar-refractivity contribution in [3.63, 3.8) is 0 Å². The third kappa shape index (κ3) is 5.92. The summed E-state index contributed by atoms with van der Waals surface area (Å²) in [6.45, 7) is 10.3. The molecule has 6 nitrogen and oxygen atoms in total. The third-order valence-electron chi connectivity index (χ3n) is 8.18. The van der Waals surface area contributed by atoms with Gasteiger partial charge < -0.3 is 20.2 Å². The van der Waals surface area contributed by atoms with Crippen molar-refractivity contribution in [2.45, 2.75) is 45.2 Å². The van der Waals surface area contributed by atoms with Crippen LogP contribution in [0.2, 0.25) is 5.02 Å². The summed E-state index contributed by atoms with van der Waals surface area (Å²) < 4.78 is 39.8. The SMILES string of the molecule is CC(C)(C)CN1CCC2(CC1)CN(c1ccccc1Nc1nnc(-c3cccc(C(F)(F)F)c3)s1)c1c(O)ccc(Cl)c12. The second kappa shape index (κ2) is 11.0. The first-order valence-corrected chi connectivity index (χ1v) is 15.4. The fourth-order valence-corrected chi connectivity index (χ4v) is 7.47. The van der Waals surface area contributed by atoms with Crippen LogP contribution in [0.3, 0.4) is 0 Å². The largest absolute Gasteiger partial charge is 0.506 e. The average Bonchev–Trinajstić information content (AvgIpc) is 3.55. The number of anilines is 4. The predicted octanol–water partition coefficient (Wildman–Crippen LogP) is 8.86. The van der Waals surface area contributed by atoms with E-state index >= 15 is 0 Å². The van der Waals surface area contributed by atoms with E-state index in [1.54, 1.807) is 18.2 Å². The van der Waals surface area contributed by atoms with Gasteiger partial charge in [0.25, 0.3) is 0 Å². The van der Waals surface area contributed by atoms with Crippen molar-refractivity contribution in [1.82, 2.24) is 15.1 Å². The zero-order valence-corrected chi connectivity index (χ0v) is 25.7. The first-order chi connectivity index (χ1) is 20.3. The fraction of sp³-hybridized carbons (Fsp3) is 0.375. The highest BCUT2D eigenvalue weighted by Crippen LogP contribution is 2.56. The number of nitrogens with one attached hydrogen (secondary N) is 1. The molecule has 1 saturated heterocycles. The monoisotopic (exact) mass is 627 g/mol. The molecule has 11 heteroatoms. The maximum atomic E-state index is 13.3. The first-order valence-electron chi connectivity index (χ1n) is 14.2. The van der Waals surface area contributed by atoms with Gasteiger partial charge in [0.2, 0.25) is 5.13 Å². The lowest BCUT2D eigenvalue weighted by Crippen LogP contribution is -2.46. The molecule has 1 fully saturated rings. The van der Waals surface area contributed by atoms with Gasteiger partial charge in [0, 0.05) is 34.7 Å². The van der Waals surface area contributed by atoms with Crippen molar-refractivity contribution in [3.8, 4) is 16.3 Å². The summed E-state index contributed by atoms with van der Waals surface area (Å²) >= 11 is 8.05. The Kier molecular flexibility index (Phi) is 7.59. The van der Waals surface area contributed by atoms with Gasteiger partial charge in [0.15, 0.2) is 0 Å². The van der Waals surface area contributed by atoms with Crippen molar-refractivity contribution >= 4 is 45.1 Å². The Bertz CT molecular complexity index is 1640. The minimum atomic E-state index is -4.44. The highest BCUT2D eigenvalue weighted by Gasteiger charge is 2.48. The van der Waals surface area contributed by atoms with E-state index < -0.39 is 11.7 Å². The summed E-state index contributed by atoms with van der Waals surface area (Å²) in [7, 11) is 0. The van der Waals surface area contributed by atoms with E-state index in [2.05, 4.69) is 46.1 Å². The molecule has 2 aliphatic heterocycles. The Morgan fingerprint density at radius 2 is 1.74 bits per heavy atom. The van der Waals surface area contributed by atoms with Crippen molar-refractivity contribution in [2.75, 3.05) is 36.4 Å². The van der Waals surface area contributed by atoms with Crippen LogP contribution in [-0.4, -0.2) is 46.4 Å². The lowest BCUT2D eigenvalue weighted by Gasteiger charge is -2.42. The molecule has 226 valence electrons. The minimum absolute atomic E-state index is 0.172. The van der Waals surface area contributed by atoms with Crippen LogP contribution < -0.4 is 10.2 Å². The second-order valence-corrected chi connectivity index (χ2v) is 14.0. The molecular weight excluding hydrogens is 595 g/mol. The van der Waals surface area contributed by atoms with E-state index in [9.17, 15) is 18.3 Å². The molecule has 0 saturated carbocycles. The van der Waals surface area contributed by atoms with Gasteiger partial charge in [-0.2, -0.15) is 13.2 Å². The molecule has 0 bridgehead atoms. The van der Waals surface area contributed by atoms with Gasteiger partial charge in [-0.15, -0.1) is 10.2 Å². The number of halogens is 4. The average molecular weight is 628 g/mol. The third-order valence-corrected chi connectivity index (χ3v) is 9.38. The number of nitrogens with zero attached hydrogens (tertiary/aromatic N) is 4. The number of phenolic OH excluding ortho intramolecular Hbond substituents is 1. The van der Waals surface area contributed by atoms with Crippen LogP contribution in [0.1, 0.15) is 44.7 Å². The molecule has 1 aromatic heterocycles. The maximum absolute atomic E-state index is 13.3. The summed E-state index contributed by atoms with van der Waals surface area (Å²) in [5.74, 6) is 0.172. The molecule has 2 N–H and O–H groups in total. The van der Waals surface area contributed by atoms with Gasteiger partial charge in [0.1, 0.15) is 10.8 Å². The van der Waals surface area contributed by atoms with Gasteiger partial charge in [0.05, 0.1) is 22.6 Å². The molecule has 2 aliphatic rings. The Morgan fingerprint density at radius 1 is 1.00 bits per heavy atom. The molecule has 0 unspecified atom stereocenters. The highest BCUT2D eigenvalue weighted by molar-refractivity contribution is 7.18. The van der Waals surface area contributed by atoms with Crippen LogP contribution in [0.5, 0.6) is 5.75 Å². The smallest absolute Gasteiger partial charge is 0.416 e. The Hall–Kier alpha value is -3.34. The number of rotatable bonds is 5. The molecule has 0 atom stereocenters. The molecule has 6 rings (SSSR count). The molecule has 3 heterocycles. The van der Waals surface area contributed by atoms with Crippen molar-refractivity contribution in [3.05, 3.63) is 76.8 Å². The number of phenols is 1. The fourth-order valence-electron chi connectivity index (χ4n) is 6.37. The quantitative estimate of drug-likeness (QED) is 0.230. The number of hydrogen-bond acceptors (Lipinski definition) is 7. The van der Waals surface area contributed by atoms with Gasteiger partial charge >= 0.3 is 6.18 Å². The minimum Gasteiger partial charge on any atom is -0.506 e. The van der Waals surface area contributed by atoms with Gasteiger partial charge in [-0.3, -0.25) is 0 Å². The molecule has 0 radical (unpaired) electrons. The van der Waals surface area contributed by atoms with Crippen LogP contribution in [-0.2, 0) is 11.6 Å². The number of aromatic nitrogens is 2. The van der Waals surface area contributed by atoms with Crippen molar-refractivity contribution in [2.24, 2.45) is 5.41 Å². The van der Waals surface area contributed by atoms with Crippen molar-refractivity contribution < 1.29 is 18.3 Å². The highest BCUT2D eigenvalue weighted by atomic mass is 35.5. The second-order valence-electron chi connectivity index (χ2n) is 12.6. The maximum Gasteiger partial charge on any atom is 0.416 e.